The van der Waals surface area contributed by atoms with Crippen LogP contribution < -0.4 is 11.1 Å². The van der Waals surface area contributed by atoms with E-state index in [1.54, 1.807) is 0 Å². The fraction of sp³-hybridized carbons (Fsp3) is 1.00. The normalized spacial score (nSPS) is 27.5. The summed E-state index contributed by atoms with van der Waals surface area (Å²) in [7, 11) is 0. The molecule has 0 amide bonds. The molecule has 12 heavy (non-hydrogen) atoms. The topological polar surface area (TPSA) is 38.0 Å². The maximum Gasteiger partial charge on any atom is -0.00173 e. The summed E-state index contributed by atoms with van der Waals surface area (Å²) in [6, 6.07) is 0. The predicted octanol–water partition coefficient (Wildman–Crippen LogP) is 1.36. The average Bonchev–Trinajstić information content (AvgIpc) is 2.83. The molecule has 0 aromatic heterocycles. The number of hydrogen-bond acceptors (Lipinski definition) is 2. The molecule has 0 aromatic carbocycles. The molecule has 0 aromatic rings. The Kier molecular flexibility index (Phi) is 4.62. The maximum atomic E-state index is 5.55. The van der Waals surface area contributed by atoms with Crippen molar-refractivity contribution < 1.29 is 0 Å². The highest BCUT2D eigenvalue weighted by atomic mass is 14.9. The Morgan fingerprint density at radius 2 is 2.17 bits per heavy atom. The van der Waals surface area contributed by atoms with Crippen LogP contribution in [0, 0.1) is 11.8 Å². The molecule has 0 radical (unpaired) electrons. The van der Waals surface area contributed by atoms with Gasteiger partial charge in [-0.05, 0) is 44.3 Å². The molecule has 2 heteroatoms. The van der Waals surface area contributed by atoms with Crippen LogP contribution in [-0.4, -0.2) is 19.6 Å². The summed E-state index contributed by atoms with van der Waals surface area (Å²) in [4.78, 5) is 0. The summed E-state index contributed by atoms with van der Waals surface area (Å²) in [5, 5.41) is 3.49. The van der Waals surface area contributed by atoms with Gasteiger partial charge in [0.05, 0.1) is 0 Å². The van der Waals surface area contributed by atoms with E-state index >= 15 is 0 Å². The molecule has 3 N–H and O–H groups in total. The van der Waals surface area contributed by atoms with Gasteiger partial charge in [0.15, 0.2) is 0 Å². The minimum Gasteiger partial charge on any atom is -0.330 e. The Morgan fingerprint density at radius 3 is 2.75 bits per heavy atom. The van der Waals surface area contributed by atoms with Gasteiger partial charge in [0.2, 0.25) is 0 Å². The first-order valence-electron chi connectivity index (χ1n) is 5.29. The van der Waals surface area contributed by atoms with Gasteiger partial charge < -0.3 is 11.1 Å². The largest absolute Gasteiger partial charge is 0.330 e. The van der Waals surface area contributed by atoms with E-state index in [4.69, 9.17) is 5.73 Å². The average molecular weight is 170 g/mol. The van der Waals surface area contributed by atoms with E-state index in [0.29, 0.717) is 0 Å². The van der Waals surface area contributed by atoms with E-state index in [1.807, 2.05) is 0 Å². The van der Waals surface area contributed by atoms with E-state index in [1.165, 1.54) is 38.8 Å². The van der Waals surface area contributed by atoms with E-state index in [-0.39, 0.29) is 0 Å². The van der Waals surface area contributed by atoms with Crippen molar-refractivity contribution >= 4 is 0 Å². The fourth-order valence-corrected chi connectivity index (χ4v) is 1.64. The lowest BCUT2D eigenvalue weighted by molar-refractivity contribution is 0.570. The van der Waals surface area contributed by atoms with Crippen LogP contribution >= 0.6 is 0 Å². The van der Waals surface area contributed by atoms with Crippen LogP contribution in [0.5, 0.6) is 0 Å². The van der Waals surface area contributed by atoms with Gasteiger partial charge in [0.1, 0.15) is 0 Å². The summed E-state index contributed by atoms with van der Waals surface area (Å²) in [5.74, 6) is 1.74. The van der Waals surface area contributed by atoms with Gasteiger partial charge in [0, 0.05) is 0 Å². The van der Waals surface area contributed by atoms with Crippen molar-refractivity contribution in [1.82, 2.24) is 5.32 Å². The zero-order valence-corrected chi connectivity index (χ0v) is 8.18. The third kappa shape index (κ3) is 3.55. The smallest absolute Gasteiger partial charge is 0.00173 e. The second kappa shape index (κ2) is 5.55. The van der Waals surface area contributed by atoms with Crippen molar-refractivity contribution in [2.24, 2.45) is 17.6 Å². The second-order valence-corrected chi connectivity index (χ2v) is 3.90. The van der Waals surface area contributed by atoms with Crippen LogP contribution in [0.2, 0.25) is 0 Å². The van der Waals surface area contributed by atoms with Crippen molar-refractivity contribution in [2.75, 3.05) is 19.6 Å². The Balaban J connectivity index is 1.78. The van der Waals surface area contributed by atoms with Gasteiger partial charge in [-0.1, -0.05) is 19.8 Å². The van der Waals surface area contributed by atoms with Crippen molar-refractivity contribution in [1.29, 1.82) is 0 Å². The highest BCUT2D eigenvalue weighted by Crippen LogP contribution is 2.36. The molecule has 1 aliphatic carbocycles. The van der Waals surface area contributed by atoms with Crippen molar-refractivity contribution in [3.63, 3.8) is 0 Å². The molecule has 1 aliphatic rings. The monoisotopic (exact) mass is 170 g/mol. The summed E-state index contributed by atoms with van der Waals surface area (Å²) >= 11 is 0. The molecule has 0 saturated heterocycles. The molecular weight excluding hydrogens is 148 g/mol. The van der Waals surface area contributed by atoms with Gasteiger partial charge in [0.25, 0.3) is 0 Å². The van der Waals surface area contributed by atoms with Crippen LogP contribution in [0.15, 0.2) is 0 Å². The molecule has 1 rings (SSSR count). The molecule has 1 saturated carbocycles. The van der Waals surface area contributed by atoms with Gasteiger partial charge in [-0.2, -0.15) is 0 Å². The second-order valence-electron chi connectivity index (χ2n) is 3.90. The van der Waals surface area contributed by atoms with Crippen molar-refractivity contribution in [3.05, 3.63) is 0 Å². The molecule has 0 spiro atoms. The summed E-state index contributed by atoms with van der Waals surface area (Å²) in [5.41, 5.74) is 5.55. The quantitative estimate of drug-likeness (QED) is 0.566. The Hall–Kier alpha value is -0.0800. The minimum atomic E-state index is 0.837. The number of nitrogens with two attached hydrogens (primary N) is 1. The third-order valence-corrected chi connectivity index (χ3v) is 2.74. The minimum absolute atomic E-state index is 0.837. The Morgan fingerprint density at radius 1 is 1.33 bits per heavy atom. The molecule has 1 fully saturated rings. The fourth-order valence-electron chi connectivity index (χ4n) is 1.64. The zero-order chi connectivity index (χ0) is 8.81. The summed E-state index contributed by atoms with van der Waals surface area (Å²) in [6.45, 7) is 5.53. The van der Waals surface area contributed by atoms with Crippen molar-refractivity contribution in [3.8, 4) is 0 Å². The Labute approximate surface area is 75.9 Å². The van der Waals surface area contributed by atoms with E-state index in [0.717, 1.165) is 18.4 Å². The van der Waals surface area contributed by atoms with E-state index < -0.39 is 0 Å². The maximum absolute atomic E-state index is 5.55. The van der Waals surface area contributed by atoms with E-state index in [2.05, 4.69) is 12.2 Å². The molecule has 0 aliphatic heterocycles. The standard InChI is InChI=1S/C10H22N2/c1-2-3-4-5-12-8-10-6-9(10)7-11/h9-10,12H,2-8,11H2,1H3. The zero-order valence-electron chi connectivity index (χ0n) is 8.18. The van der Waals surface area contributed by atoms with Crippen LogP contribution in [0.25, 0.3) is 0 Å². The van der Waals surface area contributed by atoms with Gasteiger partial charge in [-0.25, -0.2) is 0 Å². The first-order chi connectivity index (χ1) is 5.88. The van der Waals surface area contributed by atoms with Crippen LogP contribution in [0.3, 0.4) is 0 Å². The van der Waals surface area contributed by atoms with Crippen LogP contribution in [0.4, 0.5) is 0 Å². The summed E-state index contributed by atoms with van der Waals surface area (Å²) in [6.07, 6.45) is 5.36. The highest BCUT2D eigenvalue weighted by Gasteiger charge is 2.34. The van der Waals surface area contributed by atoms with E-state index in [9.17, 15) is 0 Å². The lowest BCUT2D eigenvalue weighted by atomic mass is 10.2. The van der Waals surface area contributed by atoms with Crippen LogP contribution in [-0.2, 0) is 0 Å². The molecule has 2 unspecified atom stereocenters. The third-order valence-electron chi connectivity index (χ3n) is 2.74. The molecule has 72 valence electrons. The van der Waals surface area contributed by atoms with Gasteiger partial charge in [-0.15, -0.1) is 0 Å². The first-order valence-corrected chi connectivity index (χ1v) is 5.29. The lowest BCUT2D eigenvalue weighted by Gasteiger charge is -2.02. The number of rotatable bonds is 7. The highest BCUT2D eigenvalue weighted by molar-refractivity contribution is 4.88. The number of unbranched alkanes of at least 4 members (excludes halogenated alkanes) is 2. The predicted molar refractivity (Wildman–Crippen MR) is 53.0 cm³/mol. The van der Waals surface area contributed by atoms with Crippen LogP contribution in [0.1, 0.15) is 32.6 Å². The lowest BCUT2D eigenvalue weighted by Crippen LogP contribution is -2.19. The SMILES string of the molecule is CCCCCNCC1CC1CN. The molecular formula is C10H22N2. The molecule has 2 nitrogen and oxygen atoms in total. The molecule has 0 heterocycles. The number of nitrogens with one attached hydrogen (secondary N) is 1. The van der Waals surface area contributed by atoms with Crippen molar-refractivity contribution in [2.45, 2.75) is 32.6 Å². The Bertz CT molecular complexity index is 114. The molecule has 2 atom stereocenters. The van der Waals surface area contributed by atoms with Gasteiger partial charge >= 0.3 is 0 Å². The number of hydrogen-bond donors (Lipinski definition) is 2. The molecule has 0 bridgehead atoms. The van der Waals surface area contributed by atoms with Gasteiger partial charge in [-0.3, -0.25) is 0 Å². The summed E-state index contributed by atoms with van der Waals surface area (Å²) < 4.78 is 0. The first kappa shape index (κ1) is 10.0.